The highest BCUT2D eigenvalue weighted by molar-refractivity contribution is 6.28. The second kappa shape index (κ2) is 6.75. The minimum Gasteiger partial charge on any atom is -0.354 e. The Balaban J connectivity index is 1.63. The van der Waals surface area contributed by atoms with Gasteiger partial charge in [0.15, 0.2) is 0 Å². The van der Waals surface area contributed by atoms with Gasteiger partial charge in [0.2, 0.25) is 17.2 Å². The molecule has 0 bridgehead atoms. The number of hydrogen-bond donors (Lipinski definition) is 1. The van der Waals surface area contributed by atoms with Crippen LogP contribution in [0, 0.1) is 0 Å². The summed E-state index contributed by atoms with van der Waals surface area (Å²) >= 11 is 6.00. The van der Waals surface area contributed by atoms with E-state index in [2.05, 4.69) is 30.1 Å². The van der Waals surface area contributed by atoms with Gasteiger partial charge in [0.1, 0.15) is 0 Å². The zero-order chi connectivity index (χ0) is 14.7. The number of piperazine rings is 1. The van der Waals surface area contributed by atoms with Gasteiger partial charge in [-0.3, -0.25) is 4.90 Å². The van der Waals surface area contributed by atoms with E-state index in [0.29, 0.717) is 11.9 Å². The Morgan fingerprint density at radius 1 is 1.10 bits per heavy atom. The smallest absolute Gasteiger partial charge is 0.231 e. The van der Waals surface area contributed by atoms with Gasteiger partial charge >= 0.3 is 0 Å². The zero-order valence-corrected chi connectivity index (χ0v) is 13.3. The summed E-state index contributed by atoms with van der Waals surface area (Å²) in [6.07, 6.45) is 5.50. The SMILES string of the molecule is CCNc1nc(Cl)nc(N2CCN(C3CCCC3)CC2)n1. The molecule has 1 N–H and O–H groups in total. The molecular weight excluding hydrogens is 288 g/mol. The molecule has 1 aromatic heterocycles. The lowest BCUT2D eigenvalue weighted by Gasteiger charge is -2.38. The predicted octanol–water partition coefficient (Wildman–Crippen LogP) is 2.02. The lowest BCUT2D eigenvalue weighted by molar-refractivity contribution is 0.187. The molecule has 0 radical (unpaired) electrons. The van der Waals surface area contributed by atoms with Crippen molar-refractivity contribution in [2.45, 2.75) is 38.6 Å². The van der Waals surface area contributed by atoms with E-state index < -0.39 is 0 Å². The fourth-order valence-corrected chi connectivity index (χ4v) is 3.43. The van der Waals surface area contributed by atoms with Crippen LogP contribution in [0.4, 0.5) is 11.9 Å². The van der Waals surface area contributed by atoms with Crippen LogP contribution in [0.1, 0.15) is 32.6 Å². The van der Waals surface area contributed by atoms with Crippen LogP contribution in [0.5, 0.6) is 0 Å². The molecule has 1 aliphatic heterocycles. The van der Waals surface area contributed by atoms with Crippen molar-refractivity contribution in [2.75, 3.05) is 42.9 Å². The standard InChI is InChI=1S/C14H23ClN6/c1-2-16-13-17-12(15)18-14(19-13)21-9-7-20(8-10-21)11-5-3-4-6-11/h11H,2-10H2,1H3,(H,16,17,18,19). The summed E-state index contributed by atoms with van der Waals surface area (Å²) in [5, 5.41) is 3.36. The Bertz CT molecular complexity index is 469. The molecule has 7 heteroatoms. The molecule has 2 aliphatic rings. The molecule has 0 atom stereocenters. The molecule has 1 saturated heterocycles. The molecule has 0 spiro atoms. The van der Waals surface area contributed by atoms with Crippen LogP contribution in [-0.4, -0.2) is 58.6 Å². The Morgan fingerprint density at radius 3 is 2.48 bits per heavy atom. The first-order chi connectivity index (χ1) is 10.3. The van der Waals surface area contributed by atoms with Gasteiger partial charge < -0.3 is 10.2 Å². The minimum atomic E-state index is 0.258. The molecule has 0 unspecified atom stereocenters. The highest BCUT2D eigenvalue weighted by Crippen LogP contribution is 2.25. The van der Waals surface area contributed by atoms with Crippen LogP contribution in [0.25, 0.3) is 0 Å². The number of aromatic nitrogens is 3. The molecule has 116 valence electrons. The van der Waals surface area contributed by atoms with E-state index in [1.54, 1.807) is 0 Å². The summed E-state index contributed by atoms with van der Waals surface area (Å²) in [6, 6.07) is 0.798. The summed E-state index contributed by atoms with van der Waals surface area (Å²) in [5.74, 6) is 1.25. The number of halogens is 1. The van der Waals surface area contributed by atoms with Crippen LogP contribution >= 0.6 is 11.6 Å². The first-order valence-electron chi connectivity index (χ1n) is 7.90. The van der Waals surface area contributed by atoms with Crippen molar-refractivity contribution >= 4 is 23.5 Å². The van der Waals surface area contributed by atoms with Crippen molar-refractivity contribution in [3.63, 3.8) is 0 Å². The highest BCUT2D eigenvalue weighted by Gasteiger charge is 2.27. The summed E-state index contributed by atoms with van der Waals surface area (Å²) in [4.78, 5) is 17.7. The first-order valence-corrected chi connectivity index (χ1v) is 8.28. The summed E-state index contributed by atoms with van der Waals surface area (Å²) in [6.45, 7) is 6.88. The highest BCUT2D eigenvalue weighted by atomic mass is 35.5. The maximum absolute atomic E-state index is 6.00. The summed E-state index contributed by atoms with van der Waals surface area (Å²) in [5.41, 5.74) is 0. The van der Waals surface area contributed by atoms with Crippen molar-refractivity contribution in [1.29, 1.82) is 0 Å². The molecule has 0 amide bonds. The Morgan fingerprint density at radius 2 is 1.81 bits per heavy atom. The molecule has 1 aromatic rings. The van der Waals surface area contributed by atoms with Gasteiger partial charge in [0.25, 0.3) is 0 Å². The Kier molecular flexibility index (Phi) is 4.75. The third-order valence-corrected chi connectivity index (χ3v) is 4.54. The lowest BCUT2D eigenvalue weighted by Crippen LogP contribution is -2.50. The molecule has 1 aliphatic carbocycles. The van der Waals surface area contributed by atoms with Crippen LogP contribution in [0.3, 0.4) is 0 Å². The van der Waals surface area contributed by atoms with E-state index in [0.717, 1.165) is 38.8 Å². The van der Waals surface area contributed by atoms with Crippen LogP contribution in [-0.2, 0) is 0 Å². The van der Waals surface area contributed by atoms with Gasteiger partial charge in [0.05, 0.1) is 0 Å². The van der Waals surface area contributed by atoms with Gasteiger partial charge in [-0.1, -0.05) is 12.8 Å². The fraction of sp³-hybridized carbons (Fsp3) is 0.786. The molecular formula is C14H23ClN6. The maximum atomic E-state index is 6.00. The van der Waals surface area contributed by atoms with Gasteiger partial charge in [-0.25, -0.2) is 0 Å². The number of nitrogens with zero attached hydrogens (tertiary/aromatic N) is 5. The number of anilines is 2. The van der Waals surface area contributed by atoms with Gasteiger partial charge in [-0.05, 0) is 31.4 Å². The molecule has 2 heterocycles. The third-order valence-electron chi connectivity index (χ3n) is 4.37. The second-order valence-corrected chi connectivity index (χ2v) is 6.06. The fourth-order valence-electron chi connectivity index (χ4n) is 3.27. The molecule has 6 nitrogen and oxygen atoms in total. The Hall–Kier alpha value is -1.14. The first kappa shape index (κ1) is 14.8. The normalized spacial score (nSPS) is 21.0. The van der Waals surface area contributed by atoms with Gasteiger partial charge in [-0.15, -0.1) is 0 Å². The summed E-state index contributed by atoms with van der Waals surface area (Å²) < 4.78 is 0. The average Bonchev–Trinajstić information content (AvgIpc) is 3.01. The largest absolute Gasteiger partial charge is 0.354 e. The number of hydrogen-bond acceptors (Lipinski definition) is 6. The molecule has 21 heavy (non-hydrogen) atoms. The average molecular weight is 311 g/mol. The number of nitrogens with one attached hydrogen (secondary N) is 1. The van der Waals surface area contributed by atoms with Crippen molar-refractivity contribution in [1.82, 2.24) is 19.9 Å². The van der Waals surface area contributed by atoms with Crippen molar-refractivity contribution < 1.29 is 0 Å². The van der Waals surface area contributed by atoms with Crippen molar-refractivity contribution in [2.24, 2.45) is 0 Å². The van der Waals surface area contributed by atoms with E-state index in [9.17, 15) is 0 Å². The third kappa shape index (κ3) is 3.55. The van der Waals surface area contributed by atoms with E-state index in [1.165, 1.54) is 25.7 Å². The topological polar surface area (TPSA) is 57.2 Å². The zero-order valence-electron chi connectivity index (χ0n) is 12.6. The monoisotopic (exact) mass is 310 g/mol. The maximum Gasteiger partial charge on any atom is 0.231 e. The van der Waals surface area contributed by atoms with E-state index >= 15 is 0 Å². The van der Waals surface area contributed by atoms with E-state index in [1.807, 2.05) is 6.92 Å². The van der Waals surface area contributed by atoms with E-state index in [-0.39, 0.29) is 5.28 Å². The van der Waals surface area contributed by atoms with Crippen LogP contribution in [0.15, 0.2) is 0 Å². The molecule has 1 saturated carbocycles. The van der Waals surface area contributed by atoms with Crippen molar-refractivity contribution in [3.05, 3.63) is 5.28 Å². The lowest BCUT2D eigenvalue weighted by atomic mass is 10.2. The predicted molar refractivity (Wildman–Crippen MR) is 85.0 cm³/mol. The van der Waals surface area contributed by atoms with E-state index in [4.69, 9.17) is 11.6 Å². The minimum absolute atomic E-state index is 0.258. The van der Waals surface area contributed by atoms with Crippen molar-refractivity contribution in [3.8, 4) is 0 Å². The molecule has 2 fully saturated rings. The van der Waals surface area contributed by atoms with Gasteiger partial charge in [0, 0.05) is 38.8 Å². The van der Waals surface area contributed by atoms with Crippen LogP contribution < -0.4 is 10.2 Å². The Labute approximate surface area is 130 Å². The van der Waals surface area contributed by atoms with Gasteiger partial charge in [-0.2, -0.15) is 15.0 Å². The number of rotatable bonds is 4. The van der Waals surface area contributed by atoms with Crippen LogP contribution in [0.2, 0.25) is 5.28 Å². The quantitative estimate of drug-likeness (QED) is 0.918. The second-order valence-electron chi connectivity index (χ2n) is 5.72. The summed E-state index contributed by atoms with van der Waals surface area (Å²) in [7, 11) is 0. The molecule has 0 aromatic carbocycles. The molecule has 3 rings (SSSR count).